The molecule has 2 N–H and O–H groups in total. The number of hydrogen-bond acceptors (Lipinski definition) is 3. The van der Waals surface area contributed by atoms with Crippen LogP contribution in [0.2, 0.25) is 0 Å². The van der Waals surface area contributed by atoms with Crippen molar-refractivity contribution in [2.75, 3.05) is 11.9 Å². The highest BCUT2D eigenvalue weighted by Gasteiger charge is 1.97. The van der Waals surface area contributed by atoms with E-state index in [1.54, 1.807) is 6.92 Å². The van der Waals surface area contributed by atoms with Crippen molar-refractivity contribution >= 4 is 5.82 Å². The summed E-state index contributed by atoms with van der Waals surface area (Å²) >= 11 is 0. The zero-order valence-corrected chi connectivity index (χ0v) is 13.7. The van der Waals surface area contributed by atoms with Crippen LogP contribution in [0.3, 0.4) is 0 Å². The van der Waals surface area contributed by atoms with Crippen LogP contribution in [-0.4, -0.2) is 16.5 Å². The summed E-state index contributed by atoms with van der Waals surface area (Å²) in [6.07, 6.45) is 13.4. The number of unbranched alkanes of at least 4 members (excludes halogenated alkanes) is 9. The summed E-state index contributed by atoms with van der Waals surface area (Å²) in [6, 6.07) is 1.52. The Morgan fingerprint density at radius 2 is 1.57 bits per heavy atom. The minimum atomic E-state index is -0.0897. The molecule has 1 heterocycles. The zero-order chi connectivity index (χ0) is 15.3. The van der Waals surface area contributed by atoms with Crippen LogP contribution < -0.4 is 10.9 Å². The third-order valence-corrected chi connectivity index (χ3v) is 3.70. The fourth-order valence-electron chi connectivity index (χ4n) is 2.50. The molecule has 0 spiro atoms. The van der Waals surface area contributed by atoms with Crippen molar-refractivity contribution in [3.8, 4) is 0 Å². The van der Waals surface area contributed by atoms with Crippen LogP contribution in [-0.2, 0) is 0 Å². The Kier molecular flexibility index (Phi) is 9.58. The van der Waals surface area contributed by atoms with E-state index in [0.717, 1.165) is 13.0 Å². The number of nitrogens with zero attached hydrogens (tertiary/aromatic N) is 1. The van der Waals surface area contributed by atoms with Gasteiger partial charge in [-0.25, -0.2) is 4.98 Å². The molecule has 0 atom stereocenters. The van der Waals surface area contributed by atoms with Gasteiger partial charge in [0.2, 0.25) is 0 Å². The standard InChI is InChI=1S/C17H31N3O/c1-3-4-5-6-7-8-9-10-11-12-13-18-16-14-17(21)20-15(2)19-16/h14H,3-13H2,1-2H3,(H2,18,19,20,21). The first-order valence-corrected chi connectivity index (χ1v) is 8.54. The summed E-state index contributed by atoms with van der Waals surface area (Å²) < 4.78 is 0. The molecular formula is C17H31N3O. The van der Waals surface area contributed by atoms with E-state index in [4.69, 9.17) is 0 Å². The van der Waals surface area contributed by atoms with Gasteiger partial charge in [0.25, 0.3) is 5.56 Å². The van der Waals surface area contributed by atoms with Crippen molar-refractivity contribution < 1.29 is 0 Å². The number of anilines is 1. The van der Waals surface area contributed by atoms with Crippen molar-refractivity contribution in [1.82, 2.24) is 9.97 Å². The van der Waals surface area contributed by atoms with Crippen molar-refractivity contribution in [3.05, 3.63) is 22.2 Å². The molecule has 120 valence electrons. The predicted octanol–water partition coefficient (Wildman–Crippen LogP) is 4.41. The van der Waals surface area contributed by atoms with E-state index in [1.807, 2.05) is 0 Å². The molecule has 0 aromatic carbocycles. The van der Waals surface area contributed by atoms with E-state index >= 15 is 0 Å². The van der Waals surface area contributed by atoms with E-state index in [1.165, 1.54) is 63.9 Å². The highest BCUT2D eigenvalue weighted by molar-refractivity contribution is 5.32. The van der Waals surface area contributed by atoms with Crippen LogP contribution in [0.5, 0.6) is 0 Å². The second-order valence-electron chi connectivity index (χ2n) is 5.82. The van der Waals surface area contributed by atoms with Crippen LogP contribution in [0, 0.1) is 6.92 Å². The molecule has 4 heteroatoms. The first-order chi connectivity index (χ1) is 10.2. The van der Waals surface area contributed by atoms with E-state index in [2.05, 4.69) is 22.2 Å². The summed E-state index contributed by atoms with van der Waals surface area (Å²) in [4.78, 5) is 18.2. The molecule has 0 radical (unpaired) electrons. The number of aromatic nitrogens is 2. The molecule has 0 saturated carbocycles. The summed E-state index contributed by atoms with van der Waals surface area (Å²) in [5.41, 5.74) is -0.0897. The third-order valence-electron chi connectivity index (χ3n) is 3.70. The lowest BCUT2D eigenvalue weighted by Crippen LogP contribution is -2.12. The quantitative estimate of drug-likeness (QED) is 0.561. The molecule has 0 bridgehead atoms. The molecule has 21 heavy (non-hydrogen) atoms. The molecule has 1 aromatic heterocycles. The average Bonchev–Trinajstić information content (AvgIpc) is 2.44. The highest BCUT2D eigenvalue weighted by atomic mass is 16.1. The summed E-state index contributed by atoms with van der Waals surface area (Å²) in [5, 5.41) is 3.22. The van der Waals surface area contributed by atoms with Crippen molar-refractivity contribution in [2.24, 2.45) is 0 Å². The van der Waals surface area contributed by atoms with E-state index < -0.39 is 0 Å². The van der Waals surface area contributed by atoms with Gasteiger partial charge in [-0.2, -0.15) is 0 Å². The Bertz CT molecular complexity index is 428. The van der Waals surface area contributed by atoms with Gasteiger partial charge in [-0.1, -0.05) is 64.7 Å². The molecule has 1 aromatic rings. The van der Waals surface area contributed by atoms with E-state index in [-0.39, 0.29) is 5.56 Å². The van der Waals surface area contributed by atoms with Crippen molar-refractivity contribution in [3.63, 3.8) is 0 Å². The number of aromatic amines is 1. The van der Waals surface area contributed by atoms with Crippen molar-refractivity contribution in [1.29, 1.82) is 0 Å². The van der Waals surface area contributed by atoms with Crippen LogP contribution in [0.25, 0.3) is 0 Å². The number of nitrogens with one attached hydrogen (secondary N) is 2. The number of hydrogen-bond donors (Lipinski definition) is 2. The second kappa shape index (κ2) is 11.4. The maximum absolute atomic E-state index is 11.3. The molecule has 0 saturated heterocycles. The lowest BCUT2D eigenvalue weighted by atomic mass is 10.1. The van der Waals surface area contributed by atoms with Crippen molar-refractivity contribution in [2.45, 2.75) is 78.1 Å². The fourth-order valence-corrected chi connectivity index (χ4v) is 2.50. The van der Waals surface area contributed by atoms with Gasteiger partial charge in [-0.15, -0.1) is 0 Å². The lowest BCUT2D eigenvalue weighted by molar-refractivity contribution is 0.560. The molecule has 4 nitrogen and oxygen atoms in total. The van der Waals surface area contributed by atoms with Gasteiger partial charge in [0.15, 0.2) is 0 Å². The molecule has 0 aliphatic heterocycles. The Morgan fingerprint density at radius 1 is 1.00 bits per heavy atom. The molecule has 0 unspecified atom stereocenters. The topological polar surface area (TPSA) is 57.8 Å². The Labute approximate surface area is 128 Å². The second-order valence-corrected chi connectivity index (χ2v) is 5.82. The third kappa shape index (κ3) is 9.27. The summed E-state index contributed by atoms with van der Waals surface area (Å²) in [7, 11) is 0. The van der Waals surface area contributed by atoms with E-state index in [9.17, 15) is 4.79 Å². The largest absolute Gasteiger partial charge is 0.370 e. The normalized spacial score (nSPS) is 10.8. The average molecular weight is 293 g/mol. The van der Waals surface area contributed by atoms with Gasteiger partial charge in [0, 0.05) is 12.6 Å². The first kappa shape index (κ1) is 17.7. The van der Waals surface area contributed by atoms with E-state index in [0.29, 0.717) is 11.6 Å². The number of H-pyrrole nitrogens is 1. The summed E-state index contributed by atoms with van der Waals surface area (Å²) in [5.74, 6) is 1.35. The molecular weight excluding hydrogens is 262 g/mol. The van der Waals surface area contributed by atoms with Gasteiger partial charge in [0.1, 0.15) is 11.6 Å². The highest BCUT2D eigenvalue weighted by Crippen LogP contribution is 2.10. The molecule has 0 amide bonds. The lowest BCUT2D eigenvalue weighted by Gasteiger charge is -2.06. The maximum atomic E-state index is 11.3. The Morgan fingerprint density at radius 3 is 2.14 bits per heavy atom. The first-order valence-electron chi connectivity index (χ1n) is 8.54. The van der Waals surface area contributed by atoms with Crippen LogP contribution in [0.1, 0.15) is 77.0 Å². The van der Waals surface area contributed by atoms with Crippen LogP contribution >= 0.6 is 0 Å². The number of aryl methyl sites for hydroxylation is 1. The SMILES string of the molecule is CCCCCCCCCCCCNc1cc(=O)[nH]c(C)n1. The van der Waals surface area contributed by atoms with Crippen LogP contribution in [0.4, 0.5) is 5.82 Å². The van der Waals surface area contributed by atoms with Gasteiger partial charge in [-0.05, 0) is 13.3 Å². The molecule has 0 aliphatic rings. The molecule has 0 fully saturated rings. The van der Waals surface area contributed by atoms with Gasteiger partial charge in [-0.3, -0.25) is 4.79 Å². The Hall–Kier alpha value is -1.32. The minimum Gasteiger partial charge on any atom is -0.370 e. The van der Waals surface area contributed by atoms with Gasteiger partial charge in [0.05, 0.1) is 0 Å². The minimum absolute atomic E-state index is 0.0897. The van der Waals surface area contributed by atoms with Crippen LogP contribution in [0.15, 0.2) is 10.9 Å². The maximum Gasteiger partial charge on any atom is 0.252 e. The zero-order valence-electron chi connectivity index (χ0n) is 13.7. The Balaban J connectivity index is 1.94. The summed E-state index contributed by atoms with van der Waals surface area (Å²) in [6.45, 7) is 4.95. The smallest absolute Gasteiger partial charge is 0.252 e. The fraction of sp³-hybridized carbons (Fsp3) is 0.765. The monoisotopic (exact) mass is 293 g/mol. The predicted molar refractivity (Wildman–Crippen MR) is 89.9 cm³/mol. The molecule has 1 rings (SSSR count). The number of rotatable bonds is 12. The molecule has 0 aliphatic carbocycles. The van der Waals surface area contributed by atoms with Gasteiger partial charge >= 0.3 is 0 Å². The van der Waals surface area contributed by atoms with Gasteiger partial charge < -0.3 is 10.3 Å².